The summed E-state index contributed by atoms with van der Waals surface area (Å²) in [6.07, 6.45) is 8.92. The van der Waals surface area contributed by atoms with Crippen LogP contribution in [-0.2, 0) is 19.9 Å². The zero-order chi connectivity index (χ0) is 17.4. The molecule has 0 bridgehead atoms. The number of thiazole rings is 1. The maximum Gasteiger partial charge on any atom is 0.263 e. The first-order chi connectivity index (χ1) is 12.2. The largest absolute Gasteiger partial charge is 0.329 e. The third kappa shape index (κ3) is 2.92. The number of pyridine rings is 1. The second-order valence-corrected chi connectivity index (χ2v) is 7.91. The summed E-state index contributed by atoms with van der Waals surface area (Å²) in [6.45, 7) is 0.698. The molecule has 1 fully saturated rings. The number of amides is 1. The molecule has 2 aromatic heterocycles. The van der Waals surface area contributed by atoms with Gasteiger partial charge < -0.3 is 9.47 Å². The highest BCUT2D eigenvalue weighted by atomic mass is 32.1. The highest BCUT2D eigenvalue weighted by Gasteiger charge is 2.32. The number of aryl methyl sites for hydroxylation is 1. The van der Waals surface area contributed by atoms with Crippen LogP contribution >= 0.6 is 11.3 Å². The van der Waals surface area contributed by atoms with Crippen molar-refractivity contribution in [1.29, 1.82) is 0 Å². The summed E-state index contributed by atoms with van der Waals surface area (Å²) < 4.78 is 1.70. The van der Waals surface area contributed by atoms with E-state index >= 15 is 0 Å². The number of aromatic nitrogens is 2. The number of hydrogen-bond acceptors (Lipinski definition) is 4. The highest BCUT2D eigenvalue weighted by molar-refractivity contribution is 7.09. The molecule has 0 radical (unpaired) electrons. The fourth-order valence-electron chi connectivity index (χ4n) is 4.13. The van der Waals surface area contributed by atoms with E-state index in [9.17, 15) is 9.59 Å². The Morgan fingerprint density at radius 2 is 2.08 bits per heavy atom. The second-order valence-electron chi connectivity index (χ2n) is 6.98. The van der Waals surface area contributed by atoms with Gasteiger partial charge in [-0.3, -0.25) is 9.59 Å². The Morgan fingerprint density at radius 3 is 2.88 bits per heavy atom. The molecule has 1 unspecified atom stereocenters. The lowest BCUT2D eigenvalue weighted by Gasteiger charge is -2.34. The zero-order valence-corrected chi connectivity index (χ0v) is 15.3. The van der Waals surface area contributed by atoms with E-state index in [1.807, 2.05) is 16.3 Å². The summed E-state index contributed by atoms with van der Waals surface area (Å²) in [5.74, 6) is -0.131. The SMILES string of the molecule is Cn1c2c(cc(C(=O)N3CCCCC3c3nccs3)c1=O)CCCC2. The van der Waals surface area contributed by atoms with Gasteiger partial charge in [-0.05, 0) is 56.6 Å². The summed E-state index contributed by atoms with van der Waals surface area (Å²) in [5, 5.41) is 2.92. The third-order valence-corrected chi connectivity index (χ3v) is 6.35. The maximum absolute atomic E-state index is 13.3. The number of rotatable bonds is 2. The average Bonchev–Trinajstić information content (AvgIpc) is 3.19. The van der Waals surface area contributed by atoms with Gasteiger partial charge in [0.05, 0.1) is 6.04 Å². The van der Waals surface area contributed by atoms with Gasteiger partial charge >= 0.3 is 0 Å². The fourth-order valence-corrected chi connectivity index (χ4v) is 4.91. The molecule has 1 saturated heterocycles. The molecular formula is C19H23N3O2S. The first-order valence-electron chi connectivity index (χ1n) is 9.09. The molecule has 2 aromatic rings. The minimum absolute atomic E-state index is 0.00184. The van der Waals surface area contributed by atoms with Crippen LogP contribution in [0, 0.1) is 0 Å². The topological polar surface area (TPSA) is 55.2 Å². The molecule has 2 aliphatic rings. The van der Waals surface area contributed by atoms with Crippen molar-refractivity contribution in [3.05, 3.63) is 49.8 Å². The molecular weight excluding hydrogens is 334 g/mol. The first-order valence-corrected chi connectivity index (χ1v) is 9.97. The average molecular weight is 357 g/mol. The molecule has 1 aliphatic carbocycles. The Hall–Kier alpha value is -1.95. The number of hydrogen-bond donors (Lipinski definition) is 0. The van der Waals surface area contributed by atoms with Crippen LogP contribution in [-0.4, -0.2) is 26.9 Å². The minimum atomic E-state index is -0.158. The summed E-state index contributed by atoms with van der Waals surface area (Å²) >= 11 is 1.59. The normalized spacial score (nSPS) is 20.4. The van der Waals surface area contributed by atoms with E-state index < -0.39 is 0 Å². The van der Waals surface area contributed by atoms with Gasteiger partial charge in [-0.15, -0.1) is 11.3 Å². The van der Waals surface area contributed by atoms with Crippen LogP contribution in [0.25, 0.3) is 0 Å². The van der Waals surface area contributed by atoms with E-state index in [0.29, 0.717) is 12.1 Å². The summed E-state index contributed by atoms with van der Waals surface area (Å²) in [7, 11) is 1.80. The zero-order valence-electron chi connectivity index (χ0n) is 14.5. The molecule has 1 amide bonds. The standard InChI is InChI=1S/C19H23N3O2S/c1-21-15-7-3-2-6-13(15)12-14(18(21)23)19(24)22-10-5-4-8-16(22)17-20-9-11-25-17/h9,11-12,16H,2-8,10H2,1H3. The van der Waals surface area contributed by atoms with Gasteiger partial charge in [-0.2, -0.15) is 0 Å². The fraction of sp³-hybridized carbons (Fsp3) is 0.526. The van der Waals surface area contributed by atoms with Gasteiger partial charge in [0, 0.05) is 30.9 Å². The van der Waals surface area contributed by atoms with Crippen LogP contribution < -0.4 is 5.56 Å². The van der Waals surface area contributed by atoms with E-state index in [-0.39, 0.29) is 17.5 Å². The molecule has 6 heteroatoms. The van der Waals surface area contributed by atoms with Gasteiger partial charge in [-0.25, -0.2) is 4.98 Å². The molecule has 1 atom stereocenters. The monoisotopic (exact) mass is 357 g/mol. The predicted molar refractivity (Wildman–Crippen MR) is 98.1 cm³/mol. The maximum atomic E-state index is 13.3. The minimum Gasteiger partial charge on any atom is -0.329 e. The Labute approximate surface area is 151 Å². The molecule has 0 spiro atoms. The lowest BCUT2D eigenvalue weighted by atomic mass is 9.93. The van der Waals surface area contributed by atoms with Crippen molar-refractivity contribution in [1.82, 2.24) is 14.5 Å². The van der Waals surface area contributed by atoms with Gasteiger partial charge in [0.25, 0.3) is 11.5 Å². The number of carbonyl (C=O) groups is 1. The van der Waals surface area contributed by atoms with Crippen LogP contribution in [0.1, 0.15) is 64.8 Å². The predicted octanol–water partition coefficient (Wildman–Crippen LogP) is 3.09. The van der Waals surface area contributed by atoms with Crippen LogP contribution in [0.5, 0.6) is 0 Å². The van der Waals surface area contributed by atoms with E-state index in [0.717, 1.165) is 55.6 Å². The van der Waals surface area contributed by atoms with E-state index in [2.05, 4.69) is 4.98 Å². The first kappa shape index (κ1) is 16.5. The second kappa shape index (κ2) is 6.75. The molecule has 3 heterocycles. The van der Waals surface area contributed by atoms with Crippen molar-refractivity contribution in [3.63, 3.8) is 0 Å². The molecule has 5 nitrogen and oxygen atoms in total. The number of fused-ring (bicyclic) bond motifs is 1. The van der Waals surface area contributed by atoms with Gasteiger partial charge in [0.15, 0.2) is 0 Å². The van der Waals surface area contributed by atoms with Crippen LogP contribution in [0.2, 0.25) is 0 Å². The van der Waals surface area contributed by atoms with Gasteiger partial charge in [-0.1, -0.05) is 0 Å². The van der Waals surface area contributed by atoms with Crippen molar-refractivity contribution in [2.75, 3.05) is 6.54 Å². The number of carbonyl (C=O) groups excluding carboxylic acids is 1. The quantitative estimate of drug-likeness (QED) is 0.830. The highest BCUT2D eigenvalue weighted by Crippen LogP contribution is 2.33. The number of nitrogens with zero attached hydrogens (tertiary/aromatic N) is 3. The molecule has 0 aromatic carbocycles. The molecule has 4 rings (SSSR count). The van der Waals surface area contributed by atoms with Crippen LogP contribution in [0.4, 0.5) is 0 Å². The lowest BCUT2D eigenvalue weighted by Crippen LogP contribution is -2.42. The number of likely N-dealkylation sites (tertiary alicyclic amines) is 1. The van der Waals surface area contributed by atoms with Gasteiger partial charge in [0.1, 0.15) is 10.6 Å². The summed E-state index contributed by atoms with van der Waals surface area (Å²) in [6, 6.07) is 1.87. The van der Waals surface area contributed by atoms with Crippen LogP contribution in [0.15, 0.2) is 22.4 Å². The Bertz CT molecular complexity index is 841. The van der Waals surface area contributed by atoms with Crippen molar-refractivity contribution in [2.24, 2.45) is 7.05 Å². The molecule has 0 N–H and O–H groups in total. The van der Waals surface area contributed by atoms with Crippen molar-refractivity contribution >= 4 is 17.2 Å². The van der Waals surface area contributed by atoms with Crippen LogP contribution in [0.3, 0.4) is 0 Å². The summed E-state index contributed by atoms with van der Waals surface area (Å²) in [4.78, 5) is 32.4. The van der Waals surface area contributed by atoms with E-state index in [1.54, 1.807) is 29.1 Å². The molecule has 25 heavy (non-hydrogen) atoms. The summed E-state index contributed by atoms with van der Waals surface area (Å²) in [5.41, 5.74) is 2.43. The van der Waals surface area contributed by atoms with Crippen molar-refractivity contribution in [3.8, 4) is 0 Å². The van der Waals surface area contributed by atoms with E-state index in [4.69, 9.17) is 0 Å². The van der Waals surface area contributed by atoms with Gasteiger partial charge in [0.2, 0.25) is 0 Å². The Kier molecular flexibility index (Phi) is 4.46. The number of piperidine rings is 1. The smallest absolute Gasteiger partial charge is 0.263 e. The third-order valence-electron chi connectivity index (χ3n) is 5.47. The Morgan fingerprint density at radius 1 is 1.24 bits per heavy atom. The molecule has 132 valence electrons. The lowest BCUT2D eigenvalue weighted by molar-refractivity contribution is 0.0608. The molecule has 1 aliphatic heterocycles. The Balaban J connectivity index is 1.72. The molecule has 0 saturated carbocycles. The van der Waals surface area contributed by atoms with Crippen molar-refractivity contribution in [2.45, 2.75) is 51.0 Å². The van der Waals surface area contributed by atoms with Crippen molar-refractivity contribution < 1.29 is 4.79 Å². The van der Waals surface area contributed by atoms with E-state index in [1.165, 1.54) is 5.56 Å².